The van der Waals surface area contributed by atoms with Crippen molar-refractivity contribution in [2.75, 3.05) is 0 Å². The maximum absolute atomic E-state index is 5.97. The lowest BCUT2D eigenvalue weighted by molar-refractivity contribution is 0.131. The van der Waals surface area contributed by atoms with E-state index in [1.807, 2.05) is 0 Å². The fourth-order valence-electron chi connectivity index (χ4n) is 2.81. The van der Waals surface area contributed by atoms with Gasteiger partial charge in [-0.25, -0.2) is 0 Å². The van der Waals surface area contributed by atoms with E-state index in [-0.39, 0.29) is 5.60 Å². The summed E-state index contributed by atoms with van der Waals surface area (Å²) in [5.41, 5.74) is -0.200. The zero-order valence-electron chi connectivity index (χ0n) is 15.1. The molecule has 0 saturated heterocycles. The first-order valence-corrected chi connectivity index (χ1v) is 10.3. The van der Waals surface area contributed by atoms with E-state index in [4.69, 9.17) is 10.6 Å². The normalized spacial score (nSPS) is 12.0. The van der Waals surface area contributed by atoms with Gasteiger partial charge in [0.15, 0.2) is 0 Å². The molecule has 0 spiro atoms. The third kappa shape index (κ3) is 3.85. The van der Waals surface area contributed by atoms with Crippen LogP contribution in [0.15, 0.2) is 99.6 Å². The topological polar surface area (TPSA) is 9.23 Å². The molecule has 0 unspecified atom stereocenters. The molecule has 3 rings (SSSR count). The van der Waals surface area contributed by atoms with Crippen molar-refractivity contribution in [3.8, 4) is 5.75 Å². The van der Waals surface area contributed by atoms with E-state index in [2.05, 4.69) is 106 Å². The summed E-state index contributed by atoms with van der Waals surface area (Å²) in [6.45, 7) is 6.18. The van der Waals surface area contributed by atoms with Crippen LogP contribution in [0.5, 0.6) is 5.75 Å². The van der Waals surface area contributed by atoms with Crippen molar-refractivity contribution >= 4 is 15.5 Å². The zero-order valence-corrected chi connectivity index (χ0v) is 15.9. The molecule has 0 saturated carbocycles. The molecule has 3 aromatic rings. The van der Waals surface area contributed by atoms with Gasteiger partial charge in [-0.3, -0.25) is 0 Å². The Labute approximate surface area is 152 Å². The molecular formula is C23H25OS+. The molecule has 0 fully saturated rings. The lowest BCUT2D eigenvalue weighted by Gasteiger charge is -2.23. The second-order valence-corrected chi connectivity index (χ2v) is 9.94. The highest BCUT2D eigenvalue weighted by atomic mass is 32.2. The van der Waals surface area contributed by atoms with E-state index < -0.39 is 9.62 Å². The van der Waals surface area contributed by atoms with E-state index >= 15 is 0 Å². The second kappa shape index (κ2) is 6.89. The first kappa shape index (κ1) is 17.5. The number of hydrogen-bond donors (Lipinski definition) is 0. The Kier molecular flexibility index (Phi) is 4.82. The highest BCUT2D eigenvalue weighted by Gasteiger charge is 2.29. The molecule has 0 N–H and O–H groups in total. The van der Waals surface area contributed by atoms with Crippen LogP contribution >= 0.6 is 0 Å². The predicted molar refractivity (Wildman–Crippen MR) is 109 cm³/mol. The van der Waals surface area contributed by atoms with Crippen molar-refractivity contribution in [2.45, 2.75) is 41.1 Å². The molecule has 0 aliphatic carbocycles. The summed E-state index contributed by atoms with van der Waals surface area (Å²) in [5, 5.41) is 0. The van der Waals surface area contributed by atoms with Crippen LogP contribution in [-0.2, 0) is 9.62 Å². The molecule has 0 bridgehead atoms. The molecule has 0 amide bonds. The zero-order chi connectivity index (χ0) is 17.9. The van der Waals surface area contributed by atoms with E-state index in [0.717, 1.165) is 5.75 Å². The Balaban J connectivity index is 2.09. The molecule has 128 valence electrons. The quantitative estimate of drug-likeness (QED) is 0.419. The SMILES string of the molecule is C=[S+](c1ccccc1)(c1ccccc1)c1ccc(OC(C)(C)C)cc1. The van der Waals surface area contributed by atoms with Crippen LogP contribution in [-0.4, -0.2) is 11.5 Å². The van der Waals surface area contributed by atoms with Gasteiger partial charge in [0.2, 0.25) is 0 Å². The van der Waals surface area contributed by atoms with E-state index in [0.29, 0.717) is 0 Å². The van der Waals surface area contributed by atoms with Gasteiger partial charge in [-0.2, -0.15) is 0 Å². The highest BCUT2D eigenvalue weighted by molar-refractivity contribution is 8.11. The van der Waals surface area contributed by atoms with Crippen LogP contribution in [0, 0.1) is 0 Å². The van der Waals surface area contributed by atoms with Crippen molar-refractivity contribution in [3.63, 3.8) is 0 Å². The average molecular weight is 350 g/mol. The summed E-state index contributed by atoms with van der Waals surface area (Å²) in [6, 6.07) is 29.6. The summed E-state index contributed by atoms with van der Waals surface area (Å²) in [6.07, 6.45) is 0. The van der Waals surface area contributed by atoms with Gasteiger partial charge in [-0.15, -0.1) is 0 Å². The molecule has 3 aromatic carbocycles. The van der Waals surface area contributed by atoms with Gasteiger partial charge < -0.3 is 4.74 Å². The van der Waals surface area contributed by atoms with Crippen LogP contribution in [0.25, 0.3) is 0 Å². The van der Waals surface area contributed by atoms with Crippen molar-refractivity contribution < 1.29 is 4.74 Å². The Morgan fingerprint density at radius 1 is 0.640 bits per heavy atom. The number of hydrogen-bond acceptors (Lipinski definition) is 1. The van der Waals surface area contributed by atoms with E-state index in [9.17, 15) is 0 Å². The van der Waals surface area contributed by atoms with Gasteiger partial charge in [0.1, 0.15) is 26.0 Å². The Hall–Kier alpha value is -2.32. The highest BCUT2D eigenvalue weighted by Crippen LogP contribution is 2.36. The van der Waals surface area contributed by atoms with E-state index in [1.54, 1.807) is 0 Å². The standard InChI is InChI=1S/C23H25OS/c1-23(2,3)24-19-15-17-22(18-16-19)25(4,20-11-7-5-8-12-20)21-13-9-6-10-14-21/h5-18H,4H2,1-3H3/q+1. The minimum absolute atomic E-state index is 0.200. The van der Waals surface area contributed by atoms with Gasteiger partial charge in [0, 0.05) is 0 Å². The van der Waals surface area contributed by atoms with Crippen LogP contribution in [0.3, 0.4) is 0 Å². The molecular weight excluding hydrogens is 324 g/mol. The summed E-state index contributed by atoms with van der Waals surface area (Å²) in [4.78, 5) is 3.74. The number of ether oxygens (including phenoxy) is 1. The van der Waals surface area contributed by atoms with Gasteiger partial charge in [-0.05, 0) is 78.9 Å². The second-order valence-electron chi connectivity index (χ2n) is 7.05. The van der Waals surface area contributed by atoms with Crippen LogP contribution in [0.4, 0.5) is 0 Å². The third-order valence-electron chi connectivity index (χ3n) is 3.94. The molecule has 0 aromatic heterocycles. The molecule has 0 radical (unpaired) electrons. The van der Waals surface area contributed by atoms with Gasteiger partial charge in [0.25, 0.3) is 0 Å². The lowest BCUT2D eigenvalue weighted by Crippen LogP contribution is -2.23. The summed E-state index contributed by atoms with van der Waals surface area (Å²) in [7, 11) is -1.54. The first-order valence-electron chi connectivity index (χ1n) is 8.45. The molecule has 0 aliphatic heterocycles. The van der Waals surface area contributed by atoms with Crippen molar-refractivity contribution in [2.24, 2.45) is 0 Å². The third-order valence-corrected chi connectivity index (χ3v) is 7.17. The first-order chi connectivity index (χ1) is 11.9. The maximum Gasteiger partial charge on any atom is 0.128 e. The fourth-order valence-corrected chi connectivity index (χ4v) is 5.47. The number of rotatable bonds is 4. The van der Waals surface area contributed by atoms with Gasteiger partial charge >= 0.3 is 0 Å². The van der Waals surface area contributed by atoms with Crippen LogP contribution in [0.2, 0.25) is 0 Å². The molecule has 2 heteroatoms. The smallest absolute Gasteiger partial charge is 0.128 e. The molecule has 25 heavy (non-hydrogen) atoms. The van der Waals surface area contributed by atoms with Crippen molar-refractivity contribution in [3.05, 3.63) is 84.9 Å². The average Bonchev–Trinajstić information content (AvgIpc) is 2.62. The molecule has 0 atom stereocenters. The van der Waals surface area contributed by atoms with E-state index in [1.165, 1.54) is 14.7 Å². The van der Waals surface area contributed by atoms with Gasteiger partial charge in [-0.1, -0.05) is 36.4 Å². The predicted octanol–water partition coefficient (Wildman–Crippen LogP) is 5.93. The van der Waals surface area contributed by atoms with Crippen molar-refractivity contribution in [1.29, 1.82) is 0 Å². The van der Waals surface area contributed by atoms with Crippen LogP contribution < -0.4 is 4.74 Å². The minimum Gasteiger partial charge on any atom is -0.488 e. The Morgan fingerprint density at radius 2 is 1.04 bits per heavy atom. The Morgan fingerprint density at radius 3 is 1.44 bits per heavy atom. The van der Waals surface area contributed by atoms with Crippen LogP contribution in [0.1, 0.15) is 20.8 Å². The monoisotopic (exact) mass is 349 g/mol. The Bertz CT molecular complexity index is 816. The summed E-state index contributed by atoms with van der Waals surface area (Å²) < 4.78 is 5.97. The van der Waals surface area contributed by atoms with Gasteiger partial charge in [0.05, 0.1) is 5.87 Å². The lowest BCUT2D eigenvalue weighted by atomic mass is 10.2. The molecule has 0 heterocycles. The van der Waals surface area contributed by atoms with Crippen molar-refractivity contribution in [1.82, 2.24) is 0 Å². The fraction of sp³-hybridized carbons (Fsp3) is 0.174. The summed E-state index contributed by atoms with van der Waals surface area (Å²) in [5.74, 6) is 5.62. The molecule has 1 nitrogen and oxygen atoms in total. The largest absolute Gasteiger partial charge is 0.488 e. The summed E-state index contributed by atoms with van der Waals surface area (Å²) >= 11 is 0. The minimum atomic E-state index is -1.54. The molecule has 0 aliphatic rings. The number of benzene rings is 3. The maximum atomic E-state index is 5.97.